The van der Waals surface area contributed by atoms with E-state index in [9.17, 15) is 13.6 Å². The van der Waals surface area contributed by atoms with Crippen molar-refractivity contribution in [2.45, 2.75) is 13.5 Å². The van der Waals surface area contributed by atoms with Gasteiger partial charge in [0.05, 0.1) is 13.2 Å². The van der Waals surface area contributed by atoms with Gasteiger partial charge < -0.3 is 9.84 Å². The molecule has 1 aromatic carbocycles. The van der Waals surface area contributed by atoms with E-state index in [-0.39, 0.29) is 12.2 Å². The Kier molecular flexibility index (Phi) is 4.78. The molecular formula is C12H12F2O3. The first-order chi connectivity index (χ1) is 8.08. The molecule has 0 heterocycles. The standard InChI is InChI=1S/C12H12F2O3/c1-2-17-12(16)4-3-8-5-10(13)9(7-15)11(14)6-8/h3-6,15H,2,7H2,1H3/b4-3+. The summed E-state index contributed by atoms with van der Waals surface area (Å²) in [7, 11) is 0. The SMILES string of the molecule is CCOC(=O)/C=C/c1cc(F)c(CO)c(F)c1. The fourth-order valence-electron chi connectivity index (χ4n) is 1.22. The monoisotopic (exact) mass is 242 g/mol. The maximum Gasteiger partial charge on any atom is 0.330 e. The van der Waals surface area contributed by atoms with Crippen molar-refractivity contribution in [3.63, 3.8) is 0 Å². The fraction of sp³-hybridized carbons (Fsp3) is 0.250. The van der Waals surface area contributed by atoms with Gasteiger partial charge in [0.25, 0.3) is 0 Å². The lowest BCUT2D eigenvalue weighted by Gasteiger charge is -2.02. The quantitative estimate of drug-likeness (QED) is 0.649. The Morgan fingerprint density at radius 3 is 2.47 bits per heavy atom. The first-order valence-electron chi connectivity index (χ1n) is 5.02. The molecule has 3 nitrogen and oxygen atoms in total. The molecule has 0 spiro atoms. The number of carbonyl (C=O) groups excluding carboxylic acids is 1. The Bertz CT molecular complexity index is 418. The Balaban J connectivity index is 2.90. The lowest BCUT2D eigenvalue weighted by Crippen LogP contribution is -1.99. The molecule has 5 heteroatoms. The van der Waals surface area contributed by atoms with Crippen LogP contribution in [0.4, 0.5) is 8.78 Å². The highest BCUT2D eigenvalue weighted by atomic mass is 19.1. The zero-order valence-corrected chi connectivity index (χ0v) is 9.24. The van der Waals surface area contributed by atoms with E-state index >= 15 is 0 Å². The number of carbonyl (C=O) groups is 1. The van der Waals surface area contributed by atoms with E-state index in [1.165, 1.54) is 6.08 Å². The zero-order valence-electron chi connectivity index (χ0n) is 9.24. The predicted molar refractivity (Wildman–Crippen MR) is 57.9 cm³/mol. The smallest absolute Gasteiger partial charge is 0.330 e. The molecule has 17 heavy (non-hydrogen) atoms. The second kappa shape index (κ2) is 6.10. The summed E-state index contributed by atoms with van der Waals surface area (Å²) >= 11 is 0. The van der Waals surface area contributed by atoms with Gasteiger partial charge >= 0.3 is 5.97 Å². The number of ether oxygens (including phenoxy) is 1. The summed E-state index contributed by atoms with van der Waals surface area (Å²) in [6.07, 6.45) is 2.32. The molecule has 0 bridgehead atoms. The van der Waals surface area contributed by atoms with Crippen LogP contribution in [0.25, 0.3) is 6.08 Å². The van der Waals surface area contributed by atoms with Gasteiger partial charge in [0.2, 0.25) is 0 Å². The van der Waals surface area contributed by atoms with E-state index in [0.717, 1.165) is 18.2 Å². The van der Waals surface area contributed by atoms with Gasteiger partial charge in [0, 0.05) is 11.6 Å². The minimum atomic E-state index is -0.851. The average Bonchev–Trinajstić information content (AvgIpc) is 2.26. The lowest BCUT2D eigenvalue weighted by atomic mass is 10.1. The summed E-state index contributed by atoms with van der Waals surface area (Å²) in [4.78, 5) is 11.0. The molecule has 0 fully saturated rings. The van der Waals surface area contributed by atoms with Crippen molar-refractivity contribution >= 4 is 12.0 Å². The van der Waals surface area contributed by atoms with Crippen LogP contribution in [0, 0.1) is 11.6 Å². The van der Waals surface area contributed by atoms with Crippen LogP contribution in [0.3, 0.4) is 0 Å². The third kappa shape index (κ3) is 3.64. The van der Waals surface area contributed by atoms with Crippen LogP contribution in [0.15, 0.2) is 18.2 Å². The molecule has 0 radical (unpaired) electrons. The number of halogens is 2. The Morgan fingerprint density at radius 2 is 2.00 bits per heavy atom. The van der Waals surface area contributed by atoms with Crippen molar-refractivity contribution < 1.29 is 23.4 Å². The first kappa shape index (κ1) is 13.3. The molecule has 0 aliphatic carbocycles. The van der Waals surface area contributed by atoms with E-state index in [1.54, 1.807) is 6.92 Å². The molecule has 0 aromatic heterocycles. The summed E-state index contributed by atoms with van der Waals surface area (Å²) in [5.74, 6) is -2.29. The van der Waals surface area contributed by atoms with Crippen LogP contribution in [-0.4, -0.2) is 17.7 Å². The van der Waals surface area contributed by atoms with Crippen LogP contribution in [0.5, 0.6) is 0 Å². The maximum atomic E-state index is 13.2. The highest BCUT2D eigenvalue weighted by Crippen LogP contribution is 2.16. The third-order valence-corrected chi connectivity index (χ3v) is 2.02. The van der Waals surface area contributed by atoms with Gasteiger partial charge in [0.1, 0.15) is 11.6 Å². The molecular weight excluding hydrogens is 230 g/mol. The number of rotatable bonds is 4. The van der Waals surface area contributed by atoms with Crippen molar-refractivity contribution in [2.75, 3.05) is 6.61 Å². The molecule has 0 saturated carbocycles. The number of aliphatic hydroxyl groups is 1. The van der Waals surface area contributed by atoms with Gasteiger partial charge in [-0.3, -0.25) is 0 Å². The van der Waals surface area contributed by atoms with Crippen LogP contribution in [0.1, 0.15) is 18.1 Å². The largest absolute Gasteiger partial charge is 0.463 e. The highest BCUT2D eigenvalue weighted by Gasteiger charge is 2.09. The second-order valence-electron chi connectivity index (χ2n) is 3.21. The van der Waals surface area contributed by atoms with Crippen LogP contribution < -0.4 is 0 Å². The molecule has 0 saturated heterocycles. The van der Waals surface area contributed by atoms with Gasteiger partial charge in [-0.15, -0.1) is 0 Å². The third-order valence-electron chi connectivity index (χ3n) is 2.02. The summed E-state index contributed by atoms with van der Waals surface area (Å²) in [5.41, 5.74) is -0.205. The molecule has 0 amide bonds. The molecule has 1 rings (SSSR count). The molecule has 0 aliphatic rings. The van der Waals surface area contributed by atoms with Gasteiger partial charge in [-0.1, -0.05) is 0 Å². The highest BCUT2D eigenvalue weighted by molar-refractivity contribution is 5.87. The minimum absolute atomic E-state index is 0.185. The van der Waals surface area contributed by atoms with Crippen molar-refractivity contribution in [1.29, 1.82) is 0 Å². The predicted octanol–water partition coefficient (Wildman–Crippen LogP) is 2.03. The Hall–Kier alpha value is -1.75. The molecule has 0 atom stereocenters. The number of esters is 1. The summed E-state index contributed by atoms with van der Waals surface area (Å²) in [6.45, 7) is 1.18. The van der Waals surface area contributed by atoms with Gasteiger partial charge in [0.15, 0.2) is 0 Å². The van der Waals surface area contributed by atoms with Crippen molar-refractivity contribution in [1.82, 2.24) is 0 Å². The second-order valence-corrected chi connectivity index (χ2v) is 3.21. The molecule has 1 aromatic rings. The van der Waals surface area contributed by atoms with Crippen LogP contribution >= 0.6 is 0 Å². The number of hydrogen-bond donors (Lipinski definition) is 1. The van der Waals surface area contributed by atoms with E-state index < -0.39 is 29.8 Å². The number of aliphatic hydroxyl groups excluding tert-OH is 1. The van der Waals surface area contributed by atoms with Crippen LogP contribution in [0.2, 0.25) is 0 Å². The van der Waals surface area contributed by atoms with Crippen molar-refractivity contribution in [2.24, 2.45) is 0 Å². The van der Waals surface area contributed by atoms with E-state index in [1.807, 2.05) is 0 Å². The fourth-order valence-corrected chi connectivity index (χ4v) is 1.22. The minimum Gasteiger partial charge on any atom is -0.463 e. The molecule has 0 unspecified atom stereocenters. The Morgan fingerprint density at radius 1 is 1.41 bits per heavy atom. The normalized spacial score (nSPS) is 10.8. The lowest BCUT2D eigenvalue weighted by molar-refractivity contribution is -0.137. The van der Waals surface area contributed by atoms with Gasteiger partial charge in [-0.2, -0.15) is 0 Å². The van der Waals surface area contributed by atoms with E-state index in [4.69, 9.17) is 5.11 Å². The van der Waals surface area contributed by atoms with Crippen LogP contribution in [-0.2, 0) is 16.1 Å². The van der Waals surface area contributed by atoms with Gasteiger partial charge in [-0.25, -0.2) is 13.6 Å². The summed E-state index contributed by atoms with van der Waals surface area (Å²) in [5, 5.41) is 8.71. The summed E-state index contributed by atoms with van der Waals surface area (Å²) < 4.78 is 31.1. The molecule has 92 valence electrons. The number of benzene rings is 1. The maximum absolute atomic E-state index is 13.2. The van der Waals surface area contributed by atoms with Gasteiger partial charge in [-0.05, 0) is 30.7 Å². The first-order valence-corrected chi connectivity index (χ1v) is 5.02. The van der Waals surface area contributed by atoms with E-state index in [2.05, 4.69) is 4.74 Å². The summed E-state index contributed by atoms with van der Waals surface area (Å²) in [6, 6.07) is 2.06. The molecule has 0 aliphatic heterocycles. The topological polar surface area (TPSA) is 46.5 Å². The van der Waals surface area contributed by atoms with Crippen molar-refractivity contribution in [3.05, 3.63) is 41.0 Å². The molecule has 1 N–H and O–H groups in total. The average molecular weight is 242 g/mol. The zero-order chi connectivity index (χ0) is 12.8. The van der Waals surface area contributed by atoms with Crippen molar-refractivity contribution in [3.8, 4) is 0 Å². The number of hydrogen-bond acceptors (Lipinski definition) is 3. The Labute approximate surface area is 97.3 Å². The van der Waals surface area contributed by atoms with E-state index in [0.29, 0.717) is 0 Å².